The quantitative estimate of drug-likeness (QED) is 0.791. The van der Waals surface area contributed by atoms with Crippen LogP contribution < -0.4 is 5.32 Å². The number of rotatable bonds is 6. The molecule has 6 heteroatoms. The molecule has 2 amide bonds. The monoisotopic (exact) mass is 280 g/mol. The van der Waals surface area contributed by atoms with Crippen LogP contribution in [-0.2, 0) is 16.0 Å². The van der Waals surface area contributed by atoms with Gasteiger partial charge >= 0.3 is 6.09 Å². The molecule has 1 rings (SSSR count). The number of hydrogen-bond donors (Lipinski definition) is 2. The van der Waals surface area contributed by atoms with Crippen LogP contribution in [0.1, 0.15) is 5.56 Å². The van der Waals surface area contributed by atoms with E-state index >= 15 is 0 Å². The van der Waals surface area contributed by atoms with E-state index in [1.165, 1.54) is 14.2 Å². The fourth-order valence-electron chi connectivity index (χ4n) is 1.77. The first-order valence-corrected chi connectivity index (χ1v) is 6.30. The third-order valence-electron chi connectivity index (χ3n) is 2.78. The van der Waals surface area contributed by atoms with Gasteiger partial charge < -0.3 is 20.1 Å². The van der Waals surface area contributed by atoms with Crippen molar-refractivity contribution in [2.45, 2.75) is 12.5 Å². The normalized spacial score (nSPS) is 11.6. The largest absolute Gasteiger partial charge is 0.453 e. The minimum Gasteiger partial charge on any atom is -0.453 e. The van der Waals surface area contributed by atoms with Crippen LogP contribution in [0.15, 0.2) is 30.3 Å². The number of carbonyl (C=O) groups excluding carboxylic acids is 2. The van der Waals surface area contributed by atoms with Crippen molar-refractivity contribution in [3.63, 3.8) is 0 Å². The molecule has 0 fully saturated rings. The lowest BCUT2D eigenvalue weighted by atomic mass is 10.1. The van der Waals surface area contributed by atoms with Gasteiger partial charge in [0, 0.05) is 7.05 Å². The lowest BCUT2D eigenvalue weighted by Gasteiger charge is -2.19. The number of carbonyl (C=O) groups is 2. The second-order valence-corrected chi connectivity index (χ2v) is 4.46. The number of hydrogen-bond acceptors (Lipinski definition) is 4. The summed E-state index contributed by atoms with van der Waals surface area (Å²) in [7, 11) is 2.72. The summed E-state index contributed by atoms with van der Waals surface area (Å²) in [5, 5.41) is 12.0. The number of nitrogens with one attached hydrogen (secondary N) is 1. The Morgan fingerprint density at radius 1 is 1.35 bits per heavy atom. The molecule has 6 nitrogen and oxygen atoms in total. The van der Waals surface area contributed by atoms with Crippen LogP contribution in [0, 0.1) is 0 Å². The van der Waals surface area contributed by atoms with Crippen LogP contribution in [0.5, 0.6) is 0 Å². The molecule has 0 radical (unpaired) electrons. The van der Waals surface area contributed by atoms with Gasteiger partial charge in [-0.15, -0.1) is 0 Å². The Labute approximate surface area is 118 Å². The molecule has 0 saturated heterocycles. The average molecular weight is 280 g/mol. The molecule has 0 aromatic heterocycles. The molecule has 0 bridgehead atoms. The van der Waals surface area contributed by atoms with Crippen LogP contribution in [0.4, 0.5) is 4.79 Å². The molecule has 0 aliphatic carbocycles. The van der Waals surface area contributed by atoms with Gasteiger partial charge in [0.25, 0.3) is 0 Å². The van der Waals surface area contributed by atoms with E-state index in [2.05, 4.69) is 10.1 Å². The summed E-state index contributed by atoms with van der Waals surface area (Å²) in [6, 6.07) is 9.18. The Morgan fingerprint density at radius 3 is 2.55 bits per heavy atom. The summed E-state index contributed by atoms with van der Waals surface area (Å²) in [6.07, 6.45) is -0.0471. The minimum atomic E-state index is -0.580. The van der Waals surface area contributed by atoms with E-state index in [9.17, 15) is 14.7 Å². The van der Waals surface area contributed by atoms with Gasteiger partial charge in [-0.25, -0.2) is 4.79 Å². The number of aliphatic hydroxyl groups is 1. The van der Waals surface area contributed by atoms with E-state index < -0.39 is 6.09 Å². The highest BCUT2D eigenvalue weighted by Crippen LogP contribution is 2.03. The van der Waals surface area contributed by atoms with Crippen molar-refractivity contribution in [1.82, 2.24) is 10.2 Å². The fourth-order valence-corrected chi connectivity index (χ4v) is 1.77. The number of methoxy groups -OCH3 is 1. The molecule has 0 spiro atoms. The maximum atomic E-state index is 11.8. The predicted octanol–water partition coefficient (Wildman–Crippen LogP) is 0.404. The topological polar surface area (TPSA) is 78.9 Å². The van der Waals surface area contributed by atoms with E-state index in [0.29, 0.717) is 6.42 Å². The molecule has 1 aromatic rings. The summed E-state index contributed by atoms with van der Waals surface area (Å²) in [4.78, 5) is 24.1. The Bertz CT molecular complexity index is 436. The fraction of sp³-hybridized carbons (Fsp3) is 0.429. The van der Waals surface area contributed by atoms with E-state index in [4.69, 9.17) is 0 Å². The Kier molecular flexibility index (Phi) is 6.52. The maximum absolute atomic E-state index is 11.8. The SMILES string of the molecule is COC(=O)N(C)CC(=O)NC(CO)Cc1ccccc1. The van der Waals surface area contributed by atoms with Crippen molar-refractivity contribution >= 4 is 12.0 Å². The number of nitrogens with zero attached hydrogens (tertiary/aromatic N) is 1. The molecule has 0 heterocycles. The first kappa shape index (κ1) is 16.0. The third kappa shape index (κ3) is 5.27. The summed E-state index contributed by atoms with van der Waals surface area (Å²) < 4.78 is 4.50. The molecule has 1 aromatic carbocycles. The average Bonchev–Trinajstić information content (AvgIpc) is 2.46. The molecule has 1 unspecified atom stereocenters. The summed E-state index contributed by atoms with van der Waals surface area (Å²) in [5.41, 5.74) is 1.02. The van der Waals surface area contributed by atoms with Gasteiger partial charge in [-0.3, -0.25) is 4.79 Å². The molecular formula is C14H20N2O4. The second-order valence-electron chi connectivity index (χ2n) is 4.46. The van der Waals surface area contributed by atoms with Crippen molar-refractivity contribution < 1.29 is 19.4 Å². The van der Waals surface area contributed by atoms with Crippen LogP contribution in [0.25, 0.3) is 0 Å². The molecule has 0 saturated carbocycles. The molecule has 20 heavy (non-hydrogen) atoms. The van der Waals surface area contributed by atoms with Crippen molar-refractivity contribution in [2.75, 3.05) is 27.3 Å². The van der Waals surface area contributed by atoms with Gasteiger partial charge in [-0.1, -0.05) is 30.3 Å². The highest BCUT2D eigenvalue weighted by atomic mass is 16.5. The smallest absolute Gasteiger partial charge is 0.409 e. The maximum Gasteiger partial charge on any atom is 0.409 e. The number of benzene rings is 1. The van der Waals surface area contributed by atoms with Crippen molar-refractivity contribution in [1.29, 1.82) is 0 Å². The number of amides is 2. The zero-order valence-electron chi connectivity index (χ0n) is 11.7. The van der Waals surface area contributed by atoms with Crippen molar-refractivity contribution in [3.05, 3.63) is 35.9 Å². The first-order valence-electron chi connectivity index (χ1n) is 6.30. The Morgan fingerprint density at radius 2 is 2.00 bits per heavy atom. The highest BCUT2D eigenvalue weighted by molar-refractivity contribution is 5.82. The van der Waals surface area contributed by atoms with Crippen LogP contribution >= 0.6 is 0 Å². The molecule has 1 atom stereocenters. The number of aliphatic hydroxyl groups excluding tert-OH is 1. The minimum absolute atomic E-state index is 0.113. The highest BCUT2D eigenvalue weighted by Gasteiger charge is 2.16. The van der Waals surface area contributed by atoms with Gasteiger partial charge in [-0.05, 0) is 12.0 Å². The molecule has 110 valence electrons. The molecule has 0 aliphatic heterocycles. The van der Waals surface area contributed by atoms with Crippen molar-refractivity contribution in [2.24, 2.45) is 0 Å². The zero-order valence-corrected chi connectivity index (χ0v) is 11.7. The molecular weight excluding hydrogens is 260 g/mol. The van der Waals surface area contributed by atoms with Gasteiger partial charge in [0.1, 0.15) is 6.54 Å². The van der Waals surface area contributed by atoms with Gasteiger partial charge in [0.15, 0.2) is 0 Å². The molecule has 0 aliphatic rings. The predicted molar refractivity (Wildman–Crippen MR) is 74.2 cm³/mol. The van der Waals surface area contributed by atoms with E-state index in [-0.39, 0.29) is 25.1 Å². The van der Waals surface area contributed by atoms with Crippen molar-refractivity contribution in [3.8, 4) is 0 Å². The second kappa shape index (κ2) is 8.16. The van der Waals surface area contributed by atoms with Crippen LogP contribution in [0.2, 0.25) is 0 Å². The van der Waals surface area contributed by atoms with Gasteiger partial charge in [0.05, 0.1) is 19.8 Å². The van der Waals surface area contributed by atoms with Gasteiger partial charge in [0.2, 0.25) is 5.91 Å². The summed E-state index contributed by atoms with van der Waals surface area (Å²) in [5.74, 6) is -0.340. The van der Waals surface area contributed by atoms with E-state index in [0.717, 1.165) is 10.5 Å². The van der Waals surface area contributed by atoms with Crippen LogP contribution in [-0.4, -0.2) is 55.4 Å². The summed E-state index contributed by atoms with van der Waals surface area (Å²) >= 11 is 0. The number of ether oxygens (including phenoxy) is 1. The lowest BCUT2D eigenvalue weighted by molar-refractivity contribution is -0.122. The summed E-state index contributed by atoms with van der Waals surface area (Å²) in [6.45, 7) is -0.277. The lowest BCUT2D eigenvalue weighted by Crippen LogP contribution is -2.45. The van der Waals surface area contributed by atoms with E-state index in [1.54, 1.807) is 0 Å². The Balaban J connectivity index is 2.47. The number of likely N-dealkylation sites (N-methyl/N-ethyl adjacent to an activating group) is 1. The van der Waals surface area contributed by atoms with E-state index in [1.807, 2.05) is 30.3 Å². The zero-order chi connectivity index (χ0) is 15.0. The third-order valence-corrected chi connectivity index (χ3v) is 2.78. The molecule has 2 N–H and O–H groups in total. The standard InChI is InChI=1S/C14H20N2O4/c1-16(14(19)20-2)9-13(18)15-12(10-17)8-11-6-4-3-5-7-11/h3-7,12,17H,8-10H2,1-2H3,(H,15,18). The van der Waals surface area contributed by atoms with Crippen LogP contribution in [0.3, 0.4) is 0 Å². The first-order chi connectivity index (χ1) is 9.56. The van der Waals surface area contributed by atoms with Gasteiger partial charge in [-0.2, -0.15) is 0 Å². The Hall–Kier alpha value is -2.08.